The Morgan fingerprint density at radius 3 is 2.48 bits per heavy atom. The second-order valence-corrected chi connectivity index (χ2v) is 8.63. The number of carbonyl (C=O) groups is 1. The highest BCUT2D eigenvalue weighted by Crippen LogP contribution is 2.30. The molecule has 0 fully saturated rings. The average Bonchev–Trinajstić information content (AvgIpc) is 3.32. The zero-order valence-corrected chi connectivity index (χ0v) is 19.8. The first-order valence-corrected chi connectivity index (χ1v) is 11.7. The van der Waals surface area contributed by atoms with Gasteiger partial charge in [0.2, 0.25) is 5.91 Å². The molecule has 170 valence electrons. The summed E-state index contributed by atoms with van der Waals surface area (Å²) >= 11 is 2.53. The summed E-state index contributed by atoms with van der Waals surface area (Å²) in [7, 11) is 4.66. The van der Waals surface area contributed by atoms with Gasteiger partial charge in [-0.05, 0) is 47.8 Å². The molecular weight excluding hydrogens is 462 g/mol. The lowest BCUT2D eigenvalue weighted by Crippen LogP contribution is -2.22. The summed E-state index contributed by atoms with van der Waals surface area (Å²) in [6, 6.07) is 14.1. The van der Waals surface area contributed by atoms with Gasteiger partial charge in [-0.25, -0.2) is 4.98 Å². The second kappa shape index (κ2) is 9.97. The van der Waals surface area contributed by atoms with Gasteiger partial charge in [0.15, 0.2) is 16.7 Å². The van der Waals surface area contributed by atoms with Crippen molar-refractivity contribution in [1.29, 1.82) is 0 Å². The van der Waals surface area contributed by atoms with Crippen molar-refractivity contribution in [1.82, 2.24) is 9.55 Å². The molecule has 10 heteroatoms. The first-order valence-electron chi connectivity index (χ1n) is 9.83. The van der Waals surface area contributed by atoms with Crippen molar-refractivity contribution in [2.75, 3.05) is 32.4 Å². The summed E-state index contributed by atoms with van der Waals surface area (Å²) in [5, 5.41) is 5.09. The van der Waals surface area contributed by atoms with Crippen molar-refractivity contribution in [3.8, 4) is 22.9 Å². The molecule has 0 unspecified atom stereocenters. The van der Waals surface area contributed by atoms with Crippen LogP contribution in [-0.4, -0.2) is 42.5 Å². The summed E-state index contributed by atoms with van der Waals surface area (Å²) in [6.45, 7) is 0. The number of benzene rings is 2. The molecule has 0 saturated carbocycles. The molecular formula is C23H21N3O5S2. The first-order chi connectivity index (χ1) is 16.0. The molecule has 4 rings (SSSR count). The van der Waals surface area contributed by atoms with Crippen LogP contribution in [0.1, 0.15) is 0 Å². The Labute approximate surface area is 198 Å². The third-order valence-electron chi connectivity index (χ3n) is 4.78. The third-order valence-corrected chi connectivity index (χ3v) is 6.61. The number of carbonyl (C=O) groups excluding carboxylic acids is 1. The van der Waals surface area contributed by atoms with Gasteiger partial charge in [0.25, 0.3) is 5.56 Å². The molecule has 0 aliphatic carbocycles. The molecule has 0 spiro atoms. The summed E-state index contributed by atoms with van der Waals surface area (Å²) in [6.07, 6.45) is 0. The fraction of sp³-hybridized carbons (Fsp3) is 0.174. The number of methoxy groups -OCH3 is 3. The summed E-state index contributed by atoms with van der Waals surface area (Å²) in [5.74, 6) is 1.59. The Hall–Kier alpha value is -3.50. The molecule has 4 aromatic rings. The molecule has 0 aliphatic heterocycles. The van der Waals surface area contributed by atoms with Gasteiger partial charge in [-0.3, -0.25) is 14.2 Å². The Morgan fingerprint density at radius 1 is 1.03 bits per heavy atom. The van der Waals surface area contributed by atoms with Crippen LogP contribution in [0.5, 0.6) is 17.2 Å². The van der Waals surface area contributed by atoms with Gasteiger partial charge < -0.3 is 19.5 Å². The number of hydrogen-bond donors (Lipinski definition) is 1. The molecule has 1 N–H and O–H groups in total. The lowest BCUT2D eigenvalue weighted by molar-refractivity contribution is -0.113. The maximum absolute atomic E-state index is 13.2. The summed E-state index contributed by atoms with van der Waals surface area (Å²) < 4.78 is 17.8. The molecule has 0 radical (unpaired) electrons. The maximum Gasteiger partial charge on any atom is 0.276 e. The van der Waals surface area contributed by atoms with Crippen LogP contribution in [0.25, 0.3) is 15.9 Å². The van der Waals surface area contributed by atoms with Gasteiger partial charge >= 0.3 is 0 Å². The van der Waals surface area contributed by atoms with Crippen LogP contribution in [0.3, 0.4) is 0 Å². The van der Waals surface area contributed by atoms with Crippen LogP contribution in [0, 0.1) is 0 Å². The van der Waals surface area contributed by atoms with E-state index < -0.39 is 0 Å². The number of nitrogens with one attached hydrogen (secondary N) is 1. The van der Waals surface area contributed by atoms with Crippen molar-refractivity contribution in [2.45, 2.75) is 5.16 Å². The van der Waals surface area contributed by atoms with E-state index in [-0.39, 0.29) is 17.2 Å². The van der Waals surface area contributed by atoms with Crippen molar-refractivity contribution >= 4 is 44.9 Å². The predicted molar refractivity (Wildman–Crippen MR) is 131 cm³/mol. The van der Waals surface area contributed by atoms with Crippen LogP contribution >= 0.6 is 23.1 Å². The largest absolute Gasteiger partial charge is 0.497 e. The summed E-state index contributed by atoms with van der Waals surface area (Å²) in [5.41, 5.74) is 1.65. The smallest absolute Gasteiger partial charge is 0.276 e. The van der Waals surface area contributed by atoms with Crippen LogP contribution in [0.2, 0.25) is 0 Å². The lowest BCUT2D eigenvalue weighted by atomic mass is 10.2. The average molecular weight is 484 g/mol. The SMILES string of the molecule is COc1ccc(-n2c(SCC(=O)Nc3ccc(OC)c(OC)c3)nc3ccsc3c2=O)cc1. The number of amides is 1. The number of aromatic nitrogens is 2. The third kappa shape index (κ3) is 4.81. The molecule has 33 heavy (non-hydrogen) atoms. The molecule has 0 bridgehead atoms. The zero-order chi connectivity index (χ0) is 23.4. The minimum Gasteiger partial charge on any atom is -0.497 e. The van der Waals surface area contributed by atoms with Gasteiger partial charge in [-0.15, -0.1) is 11.3 Å². The van der Waals surface area contributed by atoms with Gasteiger partial charge in [0, 0.05) is 11.8 Å². The van der Waals surface area contributed by atoms with Gasteiger partial charge in [0.05, 0.1) is 38.3 Å². The van der Waals surface area contributed by atoms with Crippen LogP contribution in [0.4, 0.5) is 5.69 Å². The molecule has 2 aromatic heterocycles. The Morgan fingerprint density at radius 2 is 1.79 bits per heavy atom. The van der Waals surface area contributed by atoms with Crippen LogP contribution < -0.4 is 25.1 Å². The number of hydrogen-bond acceptors (Lipinski definition) is 8. The number of nitrogens with zero attached hydrogens (tertiary/aromatic N) is 2. The normalized spacial score (nSPS) is 10.8. The molecule has 0 aliphatic rings. The van der Waals surface area contributed by atoms with Gasteiger partial charge in [-0.2, -0.15) is 0 Å². The van der Waals surface area contributed by atoms with E-state index in [0.29, 0.717) is 44.0 Å². The lowest BCUT2D eigenvalue weighted by Gasteiger charge is -2.13. The van der Waals surface area contributed by atoms with E-state index in [2.05, 4.69) is 10.3 Å². The van der Waals surface area contributed by atoms with Crippen LogP contribution in [-0.2, 0) is 4.79 Å². The quantitative estimate of drug-likeness (QED) is 0.297. The van der Waals surface area contributed by atoms with E-state index in [1.165, 1.54) is 34.8 Å². The minimum absolute atomic E-state index is 0.0621. The Balaban J connectivity index is 1.59. The van der Waals surface area contributed by atoms with E-state index in [1.807, 2.05) is 5.38 Å². The minimum atomic E-state index is -0.242. The monoisotopic (exact) mass is 483 g/mol. The number of ether oxygens (including phenoxy) is 3. The van der Waals surface area contributed by atoms with E-state index >= 15 is 0 Å². The van der Waals surface area contributed by atoms with Crippen molar-refractivity contribution in [3.63, 3.8) is 0 Å². The topological polar surface area (TPSA) is 91.7 Å². The number of fused-ring (bicyclic) bond motifs is 1. The number of anilines is 1. The van der Waals surface area contributed by atoms with E-state index in [1.54, 1.807) is 62.8 Å². The maximum atomic E-state index is 13.2. The highest BCUT2D eigenvalue weighted by molar-refractivity contribution is 7.99. The fourth-order valence-electron chi connectivity index (χ4n) is 3.19. The van der Waals surface area contributed by atoms with Gasteiger partial charge in [0.1, 0.15) is 10.4 Å². The standard InChI is InChI=1S/C23H21N3O5S2/c1-29-16-7-5-15(6-8-16)26-22(28)21-17(10-11-32-21)25-23(26)33-13-20(27)24-14-4-9-18(30-2)19(12-14)31-3/h4-12H,13H2,1-3H3,(H,24,27). The van der Waals surface area contributed by atoms with E-state index in [9.17, 15) is 9.59 Å². The number of thiophene rings is 1. The highest BCUT2D eigenvalue weighted by atomic mass is 32.2. The molecule has 0 atom stereocenters. The van der Waals surface area contributed by atoms with Crippen molar-refractivity contribution in [3.05, 3.63) is 64.3 Å². The molecule has 1 amide bonds. The Bertz CT molecular complexity index is 1350. The Kier molecular flexibility index (Phi) is 6.85. The number of rotatable bonds is 8. The van der Waals surface area contributed by atoms with Gasteiger partial charge in [-0.1, -0.05) is 11.8 Å². The number of thioether (sulfide) groups is 1. The molecule has 8 nitrogen and oxygen atoms in total. The highest BCUT2D eigenvalue weighted by Gasteiger charge is 2.16. The molecule has 2 aromatic carbocycles. The summed E-state index contributed by atoms with van der Waals surface area (Å²) in [4.78, 5) is 30.5. The van der Waals surface area contributed by atoms with E-state index in [0.717, 1.165) is 0 Å². The second-order valence-electron chi connectivity index (χ2n) is 6.77. The molecule has 0 saturated heterocycles. The molecule has 2 heterocycles. The first kappa shape index (κ1) is 22.7. The predicted octanol–water partition coefficient (Wildman–Crippen LogP) is 4.20. The van der Waals surface area contributed by atoms with Crippen molar-refractivity contribution < 1.29 is 19.0 Å². The zero-order valence-electron chi connectivity index (χ0n) is 18.2. The fourth-order valence-corrected chi connectivity index (χ4v) is 4.76. The van der Waals surface area contributed by atoms with Crippen LogP contribution in [0.15, 0.2) is 63.9 Å². The van der Waals surface area contributed by atoms with E-state index in [4.69, 9.17) is 14.2 Å². The van der Waals surface area contributed by atoms with Crippen molar-refractivity contribution in [2.24, 2.45) is 0 Å².